The van der Waals surface area contributed by atoms with Gasteiger partial charge in [0, 0.05) is 5.92 Å². The average molecular weight is 394 g/mol. The van der Waals surface area contributed by atoms with Gasteiger partial charge in [-0.1, -0.05) is 24.3 Å². The van der Waals surface area contributed by atoms with Crippen molar-refractivity contribution in [3.63, 3.8) is 0 Å². The fourth-order valence-electron chi connectivity index (χ4n) is 3.70. The Balaban J connectivity index is 1.98. The highest BCUT2D eigenvalue weighted by atomic mass is 16.5. The molecule has 0 amide bonds. The van der Waals surface area contributed by atoms with Gasteiger partial charge in [0.15, 0.2) is 5.78 Å². The first-order valence-corrected chi connectivity index (χ1v) is 9.85. The molecule has 1 aliphatic rings. The second-order valence-electron chi connectivity index (χ2n) is 6.85. The molecule has 2 atom stereocenters. The number of benzene rings is 2. The van der Waals surface area contributed by atoms with E-state index >= 15 is 0 Å². The summed E-state index contributed by atoms with van der Waals surface area (Å²) < 4.78 is 16.0. The van der Waals surface area contributed by atoms with Gasteiger partial charge in [-0.15, -0.1) is 0 Å². The van der Waals surface area contributed by atoms with Crippen LogP contribution in [0.25, 0.3) is 5.57 Å². The highest BCUT2D eigenvalue weighted by Gasteiger charge is 2.39. The minimum absolute atomic E-state index is 0.230. The fraction of sp³-hybridized carbons (Fsp3) is 0.333. The Kier molecular flexibility index (Phi) is 6.70. The molecule has 2 unspecified atom stereocenters. The summed E-state index contributed by atoms with van der Waals surface area (Å²) in [5.41, 5.74) is 2.71. The van der Waals surface area contributed by atoms with Crippen molar-refractivity contribution in [1.82, 2.24) is 0 Å². The first-order chi connectivity index (χ1) is 14.1. The SMILES string of the molecule is CCOC(=O)C1C(=O)C=C(c2cccc(OC)c2)CC1c1ccc(OCC)cc1. The monoisotopic (exact) mass is 394 g/mol. The molecule has 2 aromatic rings. The Labute approximate surface area is 171 Å². The molecular weight excluding hydrogens is 368 g/mol. The van der Waals surface area contributed by atoms with E-state index in [-0.39, 0.29) is 18.3 Å². The summed E-state index contributed by atoms with van der Waals surface area (Å²) in [6.45, 7) is 4.49. The predicted molar refractivity (Wildman–Crippen MR) is 111 cm³/mol. The van der Waals surface area contributed by atoms with E-state index in [1.54, 1.807) is 20.1 Å². The van der Waals surface area contributed by atoms with E-state index < -0.39 is 11.9 Å². The van der Waals surface area contributed by atoms with E-state index in [1.807, 2.05) is 55.5 Å². The lowest BCUT2D eigenvalue weighted by Gasteiger charge is -2.29. The lowest BCUT2D eigenvalue weighted by atomic mass is 9.73. The lowest BCUT2D eigenvalue weighted by Crippen LogP contribution is -2.34. The highest BCUT2D eigenvalue weighted by molar-refractivity contribution is 6.10. The van der Waals surface area contributed by atoms with Crippen LogP contribution in [0.1, 0.15) is 37.3 Å². The fourth-order valence-corrected chi connectivity index (χ4v) is 3.70. The third-order valence-corrected chi connectivity index (χ3v) is 5.07. The van der Waals surface area contributed by atoms with Crippen molar-refractivity contribution in [3.05, 3.63) is 65.7 Å². The summed E-state index contributed by atoms with van der Waals surface area (Å²) >= 11 is 0. The topological polar surface area (TPSA) is 61.8 Å². The largest absolute Gasteiger partial charge is 0.497 e. The second-order valence-corrected chi connectivity index (χ2v) is 6.85. The zero-order valence-corrected chi connectivity index (χ0v) is 17.0. The van der Waals surface area contributed by atoms with Gasteiger partial charge in [-0.25, -0.2) is 0 Å². The van der Waals surface area contributed by atoms with E-state index in [0.29, 0.717) is 13.0 Å². The van der Waals surface area contributed by atoms with E-state index in [0.717, 1.165) is 28.2 Å². The maximum atomic E-state index is 13.0. The average Bonchev–Trinajstić information content (AvgIpc) is 2.74. The van der Waals surface area contributed by atoms with Gasteiger partial charge < -0.3 is 14.2 Å². The van der Waals surface area contributed by atoms with Gasteiger partial charge in [-0.2, -0.15) is 0 Å². The molecule has 29 heavy (non-hydrogen) atoms. The normalized spacial score (nSPS) is 18.7. The summed E-state index contributed by atoms with van der Waals surface area (Å²) in [4.78, 5) is 25.6. The molecule has 5 nitrogen and oxygen atoms in total. The van der Waals surface area contributed by atoms with E-state index in [9.17, 15) is 9.59 Å². The summed E-state index contributed by atoms with van der Waals surface area (Å²) in [6, 6.07) is 15.2. The first kappa shape index (κ1) is 20.6. The Bertz CT molecular complexity index is 898. The van der Waals surface area contributed by atoms with Crippen LogP contribution >= 0.6 is 0 Å². The third-order valence-electron chi connectivity index (χ3n) is 5.07. The Morgan fingerprint density at radius 3 is 2.45 bits per heavy atom. The van der Waals surface area contributed by atoms with E-state index in [1.165, 1.54) is 0 Å². The van der Waals surface area contributed by atoms with Crippen molar-refractivity contribution in [2.24, 2.45) is 5.92 Å². The van der Waals surface area contributed by atoms with E-state index in [2.05, 4.69) is 0 Å². The Hall–Kier alpha value is -3.08. The van der Waals surface area contributed by atoms with Crippen LogP contribution in [-0.4, -0.2) is 32.1 Å². The van der Waals surface area contributed by atoms with Gasteiger partial charge in [0.05, 0.1) is 20.3 Å². The number of hydrogen-bond donors (Lipinski definition) is 0. The van der Waals surface area contributed by atoms with Gasteiger partial charge in [0.25, 0.3) is 0 Å². The van der Waals surface area contributed by atoms with Crippen LogP contribution < -0.4 is 9.47 Å². The molecule has 0 radical (unpaired) electrons. The molecule has 2 aromatic carbocycles. The van der Waals surface area contributed by atoms with Crippen molar-refractivity contribution in [2.75, 3.05) is 20.3 Å². The molecule has 0 N–H and O–H groups in total. The summed E-state index contributed by atoms with van der Waals surface area (Å²) in [6.07, 6.45) is 2.12. The number of methoxy groups -OCH3 is 1. The van der Waals surface area contributed by atoms with Crippen LogP contribution in [0.4, 0.5) is 0 Å². The number of rotatable bonds is 7. The van der Waals surface area contributed by atoms with E-state index in [4.69, 9.17) is 14.2 Å². The summed E-state index contributed by atoms with van der Waals surface area (Å²) in [5.74, 6) is -0.370. The van der Waals surface area contributed by atoms with Gasteiger partial charge in [-0.05, 0) is 67.3 Å². The van der Waals surface area contributed by atoms with Gasteiger partial charge in [0.2, 0.25) is 0 Å². The van der Waals surface area contributed by atoms with Crippen LogP contribution in [0.15, 0.2) is 54.6 Å². The number of allylic oxidation sites excluding steroid dienone is 2. The highest BCUT2D eigenvalue weighted by Crippen LogP contribution is 2.41. The van der Waals surface area contributed by atoms with Crippen LogP contribution in [0, 0.1) is 5.92 Å². The number of carbonyl (C=O) groups is 2. The molecule has 0 aromatic heterocycles. The molecule has 152 valence electrons. The van der Waals surface area contributed by atoms with Crippen molar-refractivity contribution in [2.45, 2.75) is 26.2 Å². The number of carbonyl (C=O) groups excluding carboxylic acids is 2. The van der Waals surface area contributed by atoms with Gasteiger partial charge >= 0.3 is 5.97 Å². The van der Waals surface area contributed by atoms with Crippen LogP contribution in [0.3, 0.4) is 0 Å². The van der Waals surface area contributed by atoms with Gasteiger partial charge in [0.1, 0.15) is 17.4 Å². The predicted octanol–water partition coefficient (Wildman–Crippen LogP) is 4.41. The Morgan fingerprint density at radius 2 is 1.79 bits per heavy atom. The number of hydrogen-bond acceptors (Lipinski definition) is 5. The number of ether oxygens (including phenoxy) is 3. The zero-order valence-electron chi connectivity index (χ0n) is 17.0. The summed E-state index contributed by atoms with van der Waals surface area (Å²) in [5, 5.41) is 0. The van der Waals surface area contributed by atoms with Crippen molar-refractivity contribution >= 4 is 17.3 Å². The molecule has 0 saturated heterocycles. The van der Waals surface area contributed by atoms with Crippen LogP contribution in [0.5, 0.6) is 11.5 Å². The van der Waals surface area contributed by atoms with Crippen molar-refractivity contribution < 1.29 is 23.8 Å². The summed E-state index contributed by atoms with van der Waals surface area (Å²) in [7, 11) is 1.61. The molecule has 0 bridgehead atoms. The molecule has 5 heteroatoms. The zero-order chi connectivity index (χ0) is 20.8. The molecule has 0 aliphatic heterocycles. The minimum atomic E-state index is -0.845. The second kappa shape index (κ2) is 9.41. The number of esters is 1. The number of ketones is 1. The van der Waals surface area contributed by atoms with Crippen molar-refractivity contribution in [1.29, 1.82) is 0 Å². The molecule has 0 saturated carbocycles. The smallest absolute Gasteiger partial charge is 0.317 e. The van der Waals surface area contributed by atoms with Gasteiger partial charge in [-0.3, -0.25) is 9.59 Å². The lowest BCUT2D eigenvalue weighted by molar-refractivity contribution is -0.151. The molecule has 1 aliphatic carbocycles. The molecular formula is C24H26O5. The van der Waals surface area contributed by atoms with Crippen LogP contribution in [0.2, 0.25) is 0 Å². The maximum absolute atomic E-state index is 13.0. The Morgan fingerprint density at radius 1 is 1.03 bits per heavy atom. The first-order valence-electron chi connectivity index (χ1n) is 9.85. The van der Waals surface area contributed by atoms with Crippen molar-refractivity contribution in [3.8, 4) is 11.5 Å². The standard InChI is InChI=1S/C24H26O5/c1-4-28-19-11-9-16(10-12-19)21-14-18(17-7-6-8-20(13-17)27-3)15-22(25)23(21)24(26)29-5-2/h6-13,15,21,23H,4-5,14H2,1-3H3. The minimum Gasteiger partial charge on any atom is -0.497 e. The van der Waals surface area contributed by atoms with Crippen LogP contribution in [-0.2, 0) is 14.3 Å². The molecule has 3 rings (SSSR count). The quantitative estimate of drug-likeness (QED) is 0.514. The molecule has 0 heterocycles. The molecule has 0 fully saturated rings. The molecule has 0 spiro atoms. The maximum Gasteiger partial charge on any atom is 0.317 e. The third kappa shape index (κ3) is 4.67.